The molecule has 0 aromatic carbocycles. The summed E-state index contributed by atoms with van der Waals surface area (Å²) in [5.74, 6) is -0.289. The lowest BCUT2D eigenvalue weighted by molar-refractivity contribution is -0.143. The van der Waals surface area contributed by atoms with Crippen LogP contribution in [-0.4, -0.2) is 36.4 Å². The molecule has 0 amide bonds. The highest BCUT2D eigenvalue weighted by molar-refractivity contribution is 7.89. The molecule has 0 bridgehead atoms. The highest BCUT2D eigenvalue weighted by atomic mass is 32.2. The first-order chi connectivity index (χ1) is 8.27. The van der Waals surface area contributed by atoms with Crippen LogP contribution in [0.4, 0.5) is 0 Å². The molecule has 0 aliphatic rings. The molecule has 0 aliphatic carbocycles. The van der Waals surface area contributed by atoms with Gasteiger partial charge >= 0.3 is 5.97 Å². The lowest BCUT2D eigenvalue weighted by atomic mass is 10.1. The normalized spacial score (nSPS) is 11.6. The molecule has 102 valence electrons. The molecule has 0 radical (unpaired) electrons. The van der Waals surface area contributed by atoms with E-state index in [1.807, 2.05) is 0 Å². The van der Waals surface area contributed by atoms with Crippen molar-refractivity contribution in [2.75, 3.05) is 12.9 Å². The van der Waals surface area contributed by atoms with Crippen LogP contribution in [0.2, 0.25) is 0 Å². The van der Waals surface area contributed by atoms with E-state index >= 15 is 0 Å². The largest absolute Gasteiger partial charge is 0.466 e. The van der Waals surface area contributed by atoms with Gasteiger partial charge in [-0.25, -0.2) is 8.42 Å². The first kappa shape index (κ1) is 14.7. The molecular weight excluding hydrogens is 256 g/mol. The highest BCUT2D eigenvalue weighted by Gasteiger charge is 2.18. The highest BCUT2D eigenvalue weighted by Crippen LogP contribution is 2.16. The Balaban J connectivity index is 2.91. The Hall–Kier alpha value is -1.37. The second-order valence-electron chi connectivity index (χ2n) is 4.06. The van der Waals surface area contributed by atoms with Crippen LogP contribution in [0.1, 0.15) is 30.3 Å². The molecule has 0 aliphatic heterocycles. The zero-order valence-corrected chi connectivity index (χ0v) is 11.9. The third-order valence-corrected chi connectivity index (χ3v) is 3.58. The number of nitrogens with zero attached hydrogens (tertiary/aromatic N) is 2. The third kappa shape index (κ3) is 3.32. The minimum Gasteiger partial charge on any atom is -0.466 e. The number of hydrogen-bond donors (Lipinski definition) is 0. The maximum atomic E-state index is 11.5. The van der Waals surface area contributed by atoms with Crippen LogP contribution in [0.5, 0.6) is 0 Å². The summed E-state index contributed by atoms with van der Waals surface area (Å²) in [6.45, 7) is 5.51. The molecule has 6 nitrogen and oxygen atoms in total. The Labute approximate surface area is 107 Å². The van der Waals surface area contributed by atoms with Gasteiger partial charge in [-0.2, -0.15) is 9.19 Å². The van der Waals surface area contributed by atoms with Crippen LogP contribution >= 0.6 is 0 Å². The SMILES string of the molecule is CCOC(=O)CCc1c(C)nn(S(C)(=O)=O)c1C. The number of esters is 1. The second kappa shape index (κ2) is 5.51. The molecule has 0 spiro atoms. The molecule has 1 rings (SSSR count). The van der Waals surface area contributed by atoms with Crippen molar-refractivity contribution < 1.29 is 17.9 Å². The van der Waals surface area contributed by atoms with Crippen molar-refractivity contribution in [3.8, 4) is 0 Å². The summed E-state index contributed by atoms with van der Waals surface area (Å²) in [6.07, 6.45) is 1.76. The number of aryl methyl sites for hydroxylation is 1. The number of carbonyl (C=O) groups excluding carboxylic acids is 1. The van der Waals surface area contributed by atoms with Crippen molar-refractivity contribution in [2.24, 2.45) is 0 Å². The van der Waals surface area contributed by atoms with Gasteiger partial charge in [-0.3, -0.25) is 4.79 Å². The van der Waals surface area contributed by atoms with Crippen LogP contribution in [0, 0.1) is 13.8 Å². The van der Waals surface area contributed by atoms with Gasteiger partial charge in [0.1, 0.15) is 0 Å². The van der Waals surface area contributed by atoms with Gasteiger partial charge in [0.15, 0.2) is 0 Å². The van der Waals surface area contributed by atoms with Gasteiger partial charge in [-0.15, -0.1) is 0 Å². The molecular formula is C11H18N2O4S. The Kier molecular flexibility index (Phi) is 4.50. The maximum Gasteiger partial charge on any atom is 0.306 e. The van der Waals surface area contributed by atoms with Crippen LogP contribution < -0.4 is 0 Å². The van der Waals surface area contributed by atoms with Gasteiger partial charge in [0.05, 0.1) is 24.3 Å². The van der Waals surface area contributed by atoms with E-state index in [0.29, 0.717) is 24.4 Å². The number of carbonyl (C=O) groups is 1. The van der Waals surface area contributed by atoms with E-state index in [-0.39, 0.29) is 12.4 Å². The molecule has 0 fully saturated rings. The summed E-state index contributed by atoms with van der Waals surface area (Å²) in [5, 5.41) is 3.98. The van der Waals surface area contributed by atoms with Crippen LogP contribution in [0.15, 0.2) is 0 Å². The smallest absolute Gasteiger partial charge is 0.306 e. The fraction of sp³-hybridized carbons (Fsp3) is 0.636. The average Bonchev–Trinajstić information content (AvgIpc) is 2.52. The van der Waals surface area contributed by atoms with Crippen molar-refractivity contribution in [2.45, 2.75) is 33.6 Å². The van der Waals surface area contributed by atoms with Crippen LogP contribution in [-0.2, 0) is 26.0 Å². The molecule has 1 aromatic rings. The minimum absolute atomic E-state index is 0.227. The van der Waals surface area contributed by atoms with E-state index in [0.717, 1.165) is 15.9 Å². The molecule has 0 N–H and O–H groups in total. The van der Waals surface area contributed by atoms with Crippen LogP contribution in [0.3, 0.4) is 0 Å². The first-order valence-corrected chi connectivity index (χ1v) is 7.53. The topological polar surface area (TPSA) is 78.3 Å². The molecule has 0 atom stereocenters. The zero-order chi connectivity index (χ0) is 13.9. The van der Waals surface area contributed by atoms with Crippen molar-refractivity contribution in [1.82, 2.24) is 9.19 Å². The van der Waals surface area contributed by atoms with Gasteiger partial charge in [0.2, 0.25) is 0 Å². The fourth-order valence-corrected chi connectivity index (χ4v) is 2.67. The molecule has 0 unspecified atom stereocenters. The van der Waals surface area contributed by atoms with Gasteiger partial charge in [0.25, 0.3) is 10.0 Å². The Morgan fingerprint density at radius 2 is 2.00 bits per heavy atom. The number of aromatic nitrogens is 2. The maximum absolute atomic E-state index is 11.5. The van der Waals surface area contributed by atoms with Gasteiger partial charge in [-0.1, -0.05) is 0 Å². The standard InChI is InChI=1S/C11H18N2O4S/c1-5-17-11(14)7-6-10-8(2)12-13(9(10)3)18(4,15)16/h5-7H2,1-4H3. The Bertz CT molecular complexity index is 546. The number of ether oxygens (including phenoxy) is 1. The molecule has 1 heterocycles. The van der Waals surface area contributed by atoms with E-state index in [9.17, 15) is 13.2 Å². The van der Waals surface area contributed by atoms with Crippen molar-refractivity contribution in [1.29, 1.82) is 0 Å². The summed E-state index contributed by atoms with van der Waals surface area (Å²) in [5.41, 5.74) is 1.97. The summed E-state index contributed by atoms with van der Waals surface area (Å²) < 4.78 is 28.8. The Morgan fingerprint density at radius 1 is 1.39 bits per heavy atom. The molecule has 18 heavy (non-hydrogen) atoms. The molecule has 7 heteroatoms. The molecule has 0 saturated carbocycles. The summed E-state index contributed by atoms with van der Waals surface area (Å²) in [4.78, 5) is 11.3. The lowest BCUT2D eigenvalue weighted by Gasteiger charge is -2.03. The van der Waals surface area contributed by atoms with E-state index < -0.39 is 10.0 Å². The summed E-state index contributed by atoms with van der Waals surface area (Å²) in [6, 6.07) is 0. The van der Waals surface area contributed by atoms with E-state index in [1.54, 1.807) is 20.8 Å². The zero-order valence-electron chi connectivity index (χ0n) is 11.1. The third-order valence-electron chi connectivity index (χ3n) is 2.60. The number of hydrogen-bond acceptors (Lipinski definition) is 5. The van der Waals surface area contributed by atoms with E-state index in [4.69, 9.17) is 4.74 Å². The summed E-state index contributed by atoms with van der Waals surface area (Å²) in [7, 11) is -3.39. The monoisotopic (exact) mass is 274 g/mol. The van der Waals surface area contributed by atoms with E-state index in [1.165, 1.54) is 0 Å². The first-order valence-electron chi connectivity index (χ1n) is 5.68. The fourth-order valence-electron chi connectivity index (χ4n) is 1.79. The Morgan fingerprint density at radius 3 is 2.44 bits per heavy atom. The number of rotatable bonds is 5. The van der Waals surface area contributed by atoms with Crippen molar-refractivity contribution >= 4 is 16.0 Å². The molecule has 1 aromatic heterocycles. The predicted molar refractivity (Wildman–Crippen MR) is 66.9 cm³/mol. The quantitative estimate of drug-likeness (QED) is 0.742. The van der Waals surface area contributed by atoms with Crippen LogP contribution in [0.25, 0.3) is 0 Å². The second-order valence-corrected chi connectivity index (χ2v) is 5.87. The summed E-state index contributed by atoms with van der Waals surface area (Å²) >= 11 is 0. The van der Waals surface area contributed by atoms with Crippen molar-refractivity contribution in [3.05, 3.63) is 17.0 Å². The molecule has 0 saturated heterocycles. The predicted octanol–water partition coefficient (Wildman–Crippen LogP) is 0.803. The lowest BCUT2D eigenvalue weighted by Crippen LogP contribution is -2.13. The minimum atomic E-state index is -3.39. The van der Waals surface area contributed by atoms with Gasteiger partial charge in [-0.05, 0) is 32.8 Å². The van der Waals surface area contributed by atoms with Gasteiger partial charge < -0.3 is 4.74 Å². The average molecular weight is 274 g/mol. The van der Waals surface area contributed by atoms with Gasteiger partial charge in [0, 0.05) is 6.42 Å². The van der Waals surface area contributed by atoms with E-state index in [2.05, 4.69) is 5.10 Å². The van der Waals surface area contributed by atoms with Crippen molar-refractivity contribution in [3.63, 3.8) is 0 Å².